The summed E-state index contributed by atoms with van der Waals surface area (Å²) in [6, 6.07) is 12.1. The van der Waals surface area contributed by atoms with Crippen molar-refractivity contribution in [2.24, 2.45) is 14.1 Å². The molecule has 0 spiro atoms. The van der Waals surface area contributed by atoms with Crippen LogP contribution in [0.5, 0.6) is 0 Å². The fourth-order valence-corrected chi connectivity index (χ4v) is 3.27. The van der Waals surface area contributed by atoms with Crippen LogP contribution in [0, 0.1) is 18.3 Å². The van der Waals surface area contributed by atoms with Gasteiger partial charge in [0.2, 0.25) is 0 Å². The van der Waals surface area contributed by atoms with E-state index in [9.17, 15) is 5.26 Å². The summed E-state index contributed by atoms with van der Waals surface area (Å²) in [7, 11) is 4.05. The second-order valence-corrected chi connectivity index (χ2v) is 5.87. The minimum Gasteiger partial charge on any atom is -0.454 e. The molecule has 112 valence electrons. The zero-order chi connectivity index (χ0) is 16.1. The van der Waals surface area contributed by atoms with Crippen LogP contribution in [0.4, 0.5) is 0 Å². The Morgan fingerprint density at radius 1 is 1.13 bits per heavy atom. The third-order valence-electron chi connectivity index (χ3n) is 4.40. The Labute approximate surface area is 133 Å². The average molecular weight is 302 g/mol. The third-order valence-corrected chi connectivity index (χ3v) is 4.40. The van der Waals surface area contributed by atoms with Crippen molar-refractivity contribution in [2.75, 3.05) is 0 Å². The minimum absolute atomic E-state index is 0.568. The fourth-order valence-electron chi connectivity index (χ4n) is 3.27. The molecule has 4 rings (SSSR count). The first-order valence-electron chi connectivity index (χ1n) is 7.48. The van der Waals surface area contributed by atoms with Gasteiger partial charge in [0.1, 0.15) is 24.0 Å². The van der Waals surface area contributed by atoms with Crippen molar-refractivity contribution in [3.05, 3.63) is 53.9 Å². The van der Waals surface area contributed by atoms with Crippen LogP contribution in [-0.2, 0) is 14.1 Å². The van der Waals surface area contributed by atoms with Gasteiger partial charge in [-0.1, -0.05) is 24.3 Å². The van der Waals surface area contributed by atoms with Crippen molar-refractivity contribution in [2.45, 2.75) is 6.92 Å². The molecule has 0 atom stereocenters. The maximum atomic E-state index is 9.34. The molecular formula is C19H16N3O+. The first-order chi connectivity index (χ1) is 11.1. The highest BCUT2D eigenvalue weighted by Gasteiger charge is 2.23. The molecule has 0 fully saturated rings. The zero-order valence-electron chi connectivity index (χ0n) is 13.3. The van der Waals surface area contributed by atoms with Crippen LogP contribution < -0.4 is 4.57 Å². The van der Waals surface area contributed by atoms with Crippen molar-refractivity contribution in [1.82, 2.24) is 4.57 Å². The number of nitriles is 1. The molecule has 0 saturated heterocycles. The molecule has 4 nitrogen and oxygen atoms in total. The molecule has 0 N–H and O–H groups in total. The number of para-hydroxylation sites is 1. The Kier molecular flexibility index (Phi) is 2.79. The number of hydrogen-bond acceptors (Lipinski definition) is 2. The summed E-state index contributed by atoms with van der Waals surface area (Å²) in [5.41, 5.74) is 4.28. The summed E-state index contributed by atoms with van der Waals surface area (Å²) < 4.78 is 10.3. The van der Waals surface area contributed by atoms with Gasteiger partial charge in [-0.3, -0.25) is 0 Å². The average Bonchev–Trinajstić information content (AvgIpc) is 3.08. The van der Waals surface area contributed by atoms with E-state index in [0.717, 1.165) is 33.3 Å². The van der Waals surface area contributed by atoms with Crippen LogP contribution in [0.2, 0.25) is 0 Å². The number of aryl methyl sites for hydroxylation is 3. The number of imidazole rings is 1. The molecule has 0 aliphatic heterocycles. The lowest BCUT2D eigenvalue weighted by atomic mass is 10.0. The Balaban J connectivity index is 2.21. The lowest BCUT2D eigenvalue weighted by Crippen LogP contribution is -2.29. The van der Waals surface area contributed by atoms with E-state index >= 15 is 0 Å². The Morgan fingerprint density at radius 3 is 2.61 bits per heavy atom. The smallest absolute Gasteiger partial charge is 0.292 e. The maximum absolute atomic E-state index is 9.34. The van der Waals surface area contributed by atoms with Gasteiger partial charge in [-0.15, -0.1) is 0 Å². The van der Waals surface area contributed by atoms with E-state index in [1.807, 2.05) is 38.6 Å². The topological polar surface area (TPSA) is 45.7 Å². The van der Waals surface area contributed by atoms with E-state index in [0.29, 0.717) is 11.1 Å². The molecule has 0 radical (unpaired) electrons. The molecule has 0 amide bonds. The Bertz CT molecular complexity index is 1090. The molecule has 2 aromatic carbocycles. The normalized spacial score (nSPS) is 11.2. The van der Waals surface area contributed by atoms with Gasteiger partial charge in [0.05, 0.1) is 19.7 Å². The molecular weight excluding hydrogens is 286 g/mol. The quantitative estimate of drug-likeness (QED) is 0.504. The molecule has 0 saturated carbocycles. The lowest BCUT2D eigenvalue weighted by molar-refractivity contribution is -0.659. The predicted molar refractivity (Wildman–Crippen MR) is 88.8 cm³/mol. The van der Waals surface area contributed by atoms with Crippen molar-refractivity contribution >= 4 is 21.9 Å². The van der Waals surface area contributed by atoms with E-state index in [4.69, 9.17) is 4.42 Å². The van der Waals surface area contributed by atoms with Crippen LogP contribution >= 0.6 is 0 Å². The van der Waals surface area contributed by atoms with Crippen LogP contribution in [0.1, 0.15) is 11.1 Å². The largest absolute Gasteiger partial charge is 0.454 e. The van der Waals surface area contributed by atoms with E-state index in [1.54, 1.807) is 6.07 Å². The fraction of sp³-hybridized carbons (Fsp3) is 0.158. The van der Waals surface area contributed by atoms with E-state index in [1.165, 1.54) is 0 Å². The van der Waals surface area contributed by atoms with Crippen LogP contribution in [0.15, 0.2) is 47.1 Å². The Hall–Kier alpha value is -3.06. The molecule has 0 bridgehead atoms. The molecule has 0 aliphatic rings. The van der Waals surface area contributed by atoms with E-state index in [2.05, 4.69) is 34.3 Å². The van der Waals surface area contributed by atoms with Gasteiger partial charge in [0, 0.05) is 10.8 Å². The van der Waals surface area contributed by atoms with Crippen molar-refractivity contribution in [3.63, 3.8) is 0 Å². The summed E-state index contributed by atoms with van der Waals surface area (Å²) in [6.45, 7) is 2.08. The highest BCUT2D eigenvalue weighted by Crippen LogP contribution is 2.37. The zero-order valence-corrected chi connectivity index (χ0v) is 13.3. The molecule has 23 heavy (non-hydrogen) atoms. The van der Waals surface area contributed by atoms with Gasteiger partial charge < -0.3 is 4.42 Å². The molecule has 0 aliphatic carbocycles. The number of hydrogen-bond donors (Lipinski definition) is 0. The molecule has 4 heteroatoms. The number of aromatic nitrogens is 2. The first-order valence-corrected chi connectivity index (χ1v) is 7.48. The number of fused-ring (bicyclic) bond motifs is 3. The SMILES string of the molecule is Cc1ccc2c(oc3c(C#N)cccc32)c1-c1n(C)cc[n+]1C. The van der Waals surface area contributed by atoms with Gasteiger partial charge in [-0.05, 0) is 18.6 Å². The first kappa shape index (κ1) is 13.6. The lowest BCUT2D eigenvalue weighted by Gasteiger charge is -2.04. The molecule has 2 heterocycles. The monoisotopic (exact) mass is 302 g/mol. The van der Waals surface area contributed by atoms with Crippen molar-refractivity contribution in [1.29, 1.82) is 5.26 Å². The van der Waals surface area contributed by atoms with Crippen molar-refractivity contribution < 1.29 is 8.98 Å². The number of nitrogens with zero attached hydrogens (tertiary/aromatic N) is 3. The van der Waals surface area contributed by atoms with Gasteiger partial charge in [-0.25, -0.2) is 9.13 Å². The van der Waals surface area contributed by atoms with Gasteiger partial charge in [-0.2, -0.15) is 5.26 Å². The molecule has 0 unspecified atom stereocenters. The molecule has 2 aromatic heterocycles. The Morgan fingerprint density at radius 2 is 1.91 bits per heavy atom. The number of rotatable bonds is 1. The number of furan rings is 1. The van der Waals surface area contributed by atoms with Crippen LogP contribution in [-0.4, -0.2) is 4.57 Å². The van der Waals surface area contributed by atoms with Crippen LogP contribution in [0.3, 0.4) is 0 Å². The molecule has 4 aromatic rings. The summed E-state index contributed by atoms with van der Waals surface area (Å²) in [5, 5.41) is 11.4. The highest BCUT2D eigenvalue weighted by molar-refractivity contribution is 6.10. The van der Waals surface area contributed by atoms with Crippen LogP contribution in [0.25, 0.3) is 33.3 Å². The second-order valence-electron chi connectivity index (χ2n) is 5.87. The number of benzene rings is 2. The summed E-state index contributed by atoms with van der Waals surface area (Å²) in [4.78, 5) is 0. The summed E-state index contributed by atoms with van der Waals surface area (Å²) in [6.07, 6.45) is 4.05. The van der Waals surface area contributed by atoms with Gasteiger partial charge in [0.25, 0.3) is 5.82 Å². The summed E-state index contributed by atoms with van der Waals surface area (Å²) >= 11 is 0. The standard InChI is InChI=1S/C19H16N3O/c1-12-7-8-15-14-6-4-5-13(11-20)17(14)23-18(15)16(12)19-21(2)9-10-22(19)3/h4-10H,1-3H3/q+1. The van der Waals surface area contributed by atoms with Crippen molar-refractivity contribution in [3.8, 4) is 17.5 Å². The third kappa shape index (κ3) is 1.80. The maximum Gasteiger partial charge on any atom is 0.292 e. The van der Waals surface area contributed by atoms with Gasteiger partial charge >= 0.3 is 0 Å². The minimum atomic E-state index is 0.568. The predicted octanol–water partition coefficient (Wildman–Crippen LogP) is 3.60. The second kappa shape index (κ2) is 4.72. The van der Waals surface area contributed by atoms with Gasteiger partial charge in [0.15, 0.2) is 11.2 Å². The summed E-state index contributed by atoms with van der Waals surface area (Å²) in [5.74, 6) is 1.07. The van der Waals surface area contributed by atoms with E-state index < -0.39 is 0 Å². The van der Waals surface area contributed by atoms with E-state index in [-0.39, 0.29) is 0 Å². The highest BCUT2D eigenvalue weighted by atomic mass is 16.3.